The summed E-state index contributed by atoms with van der Waals surface area (Å²) in [5, 5.41) is 6.96. The lowest BCUT2D eigenvalue weighted by Crippen LogP contribution is -2.35. The zero-order valence-corrected chi connectivity index (χ0v) is 17.5. The minimum atomic E-state index is -0.729. The molecule has 0 spiro atoms. The maximum Gasteiger partial charge on any atom is 0.349 e. The molecule has 0 aliphatic heterocycles. The van der Waals surface area contributed by atoms with Crippen LogP contribution in [0.1, 0.15) is 54.1 Å². The Balaban J connectivity index is 1.66. The predicted molar refractivity (Wildman–Crippen MR) is 116 cm³/mol. The maximum atomic E-state index is 13.2. The zero-order valence-electron chi connectivity index (χ0n) is 16.8. The van der Waals surface area contributed by atoms with Gasteiger partial charge in [-0.1, -0.05) is 61.2 Å². The van der Waals surface area contributed by atoms with Crippen LogP contribution in [0.3, 0.4) is 0 Å². The fourth-order valence-corrected chi connectivity index (χ4v) is 4.26. The molecule has 1 unspecified atom stereocenters. The normalized spacial score (nSPS) is 15.4. The van der Waals surface area contributed by atoms with Crippen molar-refractivity contribution in [2.24, 2.45) is 5.92 Å². The van der Waals surface area contributed by atoms with Crippen molar-refractivity contribution in [1.82, 2.24) is 25.1 Å². The van der Waals surface area contributed by atoms with Gasteiger partial charge in [0.1, 0.15) is 11.3 Å². The number of carbonyl (C=O) groups is 1. The van der Waals surface area contributed by atoms with E-state index in [1.54, 1.807) is 0 Å². The number of benzene rings is 1. The SMILES string of the molecule is O=C(NC(c1ccccc1)C1CCCCC1)c1cc(-n2ncc(=O)[nH]c2=O)cnc1Cl. The van der Waals surface area contributed by atoms with Gasteiger partial charge in [-0.25, -0.2) is 9.78 Å². The van der Waals surface area contributed by atoms with E-state index >= 15 is 0 Å². The molecule has 1 amide bonds. The summed E-state index contributed by atoms with van der Waals surface area (Å²) in [6.07, 6.45) is 7.88. The Kier molecular flexibility index (Phi) is 6.27. The van der Waals surface area contributed by atoms with Gasteiger partial charge in [0.15, 0.2) is 0 Å². The van der Waals surface area contributed by atoms with Crippen LogP contribution in [0.25, 0.3) is 5.69 Å². The van der Waals surface area contributed by atoms with E-state index in [9.17, 15) is 14.4 Å². The summed E-state index contributed by atoms with van der Waals surface area (Å²) in [6, 6.07) is 11.2. The monoisotopic (exact) mass is 439 g/mol. The molecule has 2 N–H and O–H groups in total. The summed E-state index contributed by atoms with van der Waals surface area (Å²) in [4.78, 5) is 42.7. The second-order valence-corrected chi connectivity index (χ2v) is 8.00. The highest BCUT2D eigenvalue weighted by Crippen LogP contribution is 2.34. The standard InChI is InChI=1S/C22H22ClN5O3/c23-20-17(11-16(12-24-20)28-22(31)26-18(29)13-25-28)21(30)27-19(14-7-3-1-4-8-14)15-9-5-2-6-10-15/h1,3-4,7-8,11-13,15,19H,2,5-6,9-10H2,(H,27,30)(H,26,29,31). The first-order valence-electron chi connectivity index (χ1n) is 10.2. The summed E-state index contributed by atoms with van der Waals surface area (Å²) in [7, 11) is 0. The molecule has 1 aliphatic rings. The first-order chi connectivity index (χ1) is 15.0. The van der Waals surface area contributed by atoms with Gasteiger partial charge in [0.25, 0.3) is 11.5 Å². The second kappa shape index (κ2) is 9.26. The van der Waals surface area contributed by atoms with Crippen molar-refractivity contribution in [3.63, 3.8) is 0 Å². The molecule has 0 bridgehead atoms. The summed E-state index contributed by atoms with van der Waals surface area (Å²) < 4.78 is 0.956. The summed E-state index contributed by atoms with van der Waals surface area (Å²) >= 11 is 6.22. The van der Waals surface area contributed by atoms with Crippen molar-refractivity contribution in [1.29, 1.82) is 0 Å². The third-order valence-corrected chi connectivity index (χ3v) is 5.89. The number of carbonyl (C=O) groups excluding carboxylic acids is 1. The quantitative estimate of drug-likeness (QED) is 0.594. The number of H-pyrrole nitrogens is 1. The molecule has 8 nitrogen and oxygen atoms in total. The Morgan fingerprint density at radius 3 is 2.58 bits per heavy atom. The van der Waals surface area contributed by atoms with Crippen molar-refractivity contribution in [2.45, 2.75) is 38.1 Å². The predicted octanol–water partition coefficient (Wildman–Crippen LogP) is 3.02. The van der Waals surface area contributed by atoms with Crippen molar-refractivity contribution >= 4 is 17.5 Å². The minimum absolute atomic E-state index is 0.0224. The molecule has 31 heavy (non-hydrogen) atoms. The van der Waals surface area contributed by atoms with Gasteiger partial charge < -0.3 is 5.32 Å². The molecular formula is C22H22ClN5O3. The number of nitrogens with zero attached hydrogens (tertiary/aromatic N) is 3. The second-order valence-electron chi connectivity index (χ2n) is 7.64. The number of hydrogen-bond donors (Lipinski definition) is 2. The van der Waals surface area contributed by atoms with Crippen LogP contribution in [0, 0.1) is 5.92 Å². The highest BCUT2D eigenvalue weighted by atomic mass is 35.5. The van der Waals surface area contributed by atoms with Gasteiger partial charge in [-0.15, -0.1) is 0 Å². The van der Waals surface area contributed by atoms with Gasteiger partial charge in [0.05, 0.1) is 23.5 Å². The molecule has 9 heteroatoms. The Bertz CT molecular complexity index is 1190. The lowest BCUT2D eigenvalue weighted by Gasteiger charge is -2.31. The van der Waals surface area contributed by atoms with Crippen LogP contribution in [-0.4, -0.2) is 25.7 Å². The Labute approximate surface area is 183 Å². The van der Waals surface area contributed by atoms with E-state index in [0.29, 0.717) is 5.92 Å². The fourth-order valence-electron chi connectivity index (χ4n) is 4.07. The molecule has 2 heterocycles. The molecule has 1 fully saturated rings. The number of aromatic amines is 1. The molecule has 1 aliphatic carbocycles. The highest BCUT2D eigenvalue weighted by molar-refractivity contribution is 6.32. The molecule has 1 aromatic carbocycles. The van der Waals surface area contributed by atoms with E-state index < -0.39 is 11.2 Å². The van der Waals surface area contributed by atoms with Crippen LogP contribution in [0.2, 0.25) is 5.15 Å². The average Bonchev–Trinajstić information content (AvgIpc) is 2.79. The molecule has 1 saturated carbocycles. The molecule has 0 radical (unpaired) electrons. The van der Waals surface area contributed by atoms with E-state index in [4.69, 9.17) is 11.6 Å². The van der Waals surface area contributed by atoms with Gasteiger partial charge >= 0.3 is 5.69 Å². The Morgan fingerprint density at radius 2 is 1.87 bits per heavy atom. The van der Waals surface area contributed by atoms with E-state index in [-0.39, 0.29) is 28.4 Å². The smallest absolute Gasteiger partial charge is 0.345 e. The van der Waals surface area contributed by atoms with Crippen LogP contribution in [0.5, 0.6) is 0 Å². The van der Waals surface area contributed by atoms with E-state index in [2.05, 4.69) is 20.4 Å². The van der Waals surface area contributed by atoms with Crippen molar-refractivity contribution in [3.8, 4) is 5.69 Å². The largest absolute Gasteiger partial charge is 0.349 e. The summed E-state index contributed by atoms with van der Waals surface area (Å²) in [6.45, 7) is 0. The summed E-state index contributed by atoms with van der Waals surface area (Å²) in [5.74, 6) is -0.0465. The fraction of sp³-hybridized carbons (Fsp3) is 0.318. The third-order valence-electron chi connectivity index (χ3n) is 5.59. The average molecular weight is 440 g/mol. The number of hydrogen-bond acceptors (Lipinski definition) is 5. The Hall–Kier alpha value is -3.26. The lowest BCUT2D eigenvalue weighted by molar-refractivity contribution is 0.0912. The number of halogens is 1. The molecule has 2 aromatic heterocycles. The minimum Gasteiger partial charge on any atom is -0.345 e. The number of nitrogens with one attached hydrogen (secondary N) is 2. The van der Waals surface area contributed by atoms with E-state index in [0.717, 1.165) is 42.1 Å². The van der Waals surface area contributed by atoms with Gasteiger partial charge in [-0.2, -0.15) is 9.78 Å². The van der Waals surface area contributed by atoms with Gasteiger partial charge in [-0.3, -0.25) is 14.6 Å². The first kappa shape index (κ1) is 21.0. The van der Waals surface area contributed by atoms with Crippen LogP contribution < -0.4 is 16.6 Å². The number of pyridine rings is 1. The molecule has 3 aromatic rings. The van der Waals surface area contributed by atoms with E-state index in [1.807, 2.05) is 30.3 Å². The van der Waals surface area contributed by atoms with Crippen molar-refractivity contribution in [2.75, 3.05) is 0 Å². The molecule has 1 atom stereocenters. The zero-order chi connectivity index (χ0) is 21.8. The number of rotatable bonds is 5. The van der Waals surface area contributed by atoms with Crippen molar-refractivity contribution < 1.29 is 4.79 Å². The maximum absolute atomic E-state index is 13.2. The molecule has 160 valence electrons. The number of aromatic nitrogens is 4. The van der Waals surface area contributed by atoms with Crippen LogP contribution in [-0.2, 0) is 0 Å². The van der Waals surface area contributed by atoms with Crippen molar-refractivity contribution in [3.05, 3.63) is 85.9 Å². The number of amides is 1. The topological polar surface area (TPSA) is 110 Å². The van der Waals surface area contributed by atoms with Crippen LogP contribution in [0.15, 0.2) is 58.4 Å². The first-order valence-corrected chi connectivity index (χ1v) is 10.6. The Morgan fingerprint density at radius 1 is 1.13 bits per heavy atom. The molecular weight excluding hydrogens is 418 g/mol. The van der Waals surface area contributed by atoms with Gasteiger partial charge in [0.2, 0.25) is 0 Å². The lowest BCUT2D eigenvalue weighted by atomic mass is 9.81. The van der Waals surface area contributed by atoms with Gasteiger partial charge in [-0.05, 0) is 30.4 Å². The highest BCUT2D eigenvalue weighted by Gasteiger charge is 2.27. The molecule has 4 rings (SSSR count). The molecule has 0 saturated heterocycles. The summed E-state index contributed by atoms with van der Waals surface area (Å²) in [5.41, 5.74) is 0.0636. The van der Waals surface area contributed by atoms with E-state index in [1.165, 1.54) is 18.7 Å². The van der Waals surface area contributed by atoms with Crippen LogP contribution >= 0.6 is 11.6 Å². The third kappa shape index (κ3) is 4.74. The van der Waals surface area contributed by atoms with Crippen LogP contribution in [0.4, 0.5) is 0 Å². The van der Waals surface area contributed by atoms with Gasteiger partial charge in [0, 0.05) is 0 Å².